The summed E-state index contributed by atoms with van der Waals surface area (Å²) in [5.41, 5.74) is 2.63. The summed E-state index contributed by atoms with van der Waals surface area (Å²) in [6, 6.07) is 15.4. The predicted molar refractivity (Wildman–Crippen MR) is 95.7 cm³/mol. The van der Waals surface area contributed by atoms with Crippen molar-refractivity contribution in [1.29, 1.82) is 0 Å². The Morgan fingerprint density at radius 3 is 1.40 bits per heavy atom. The summed E-state index contributed by atoms with van der Waals surface area (Å²) < 4.78 is 0. The first kappa shape index (κ1) is 15.5. The Morgan fingerprint density at radius 2 is 1.10 bits per heavy atom. The van der Waals surface area contributed by atoms with Gasteiger partial charge in [-0.3, -0.25) is 0 Å². The SMILES string of the molecule is Cc1ccccc1P(=S)(c1ccccc1C)C(C)(C)C. The highest BCUT2D eigenvalue weighted by Crippen LogP contribution is 2.57. The van der Waals surface area contributed by atoms with E-state index in [1.807, 2.05) is 0 Å². The summed E-state index contributed by atoms with van der Waals surface area (Å²) >= 11 is 6.36. The Morgan fingerprint density at radius 1 is 0.750 bits per heavy atom. The van der Waals surface area contributed by atoms with Gasteiger partial charge in [0.1, 0.15) is 0 Å². The lowest BCUT2D eigenvalue weighted by atomic mass is 10.2. The first-order valence-corrected chi connectivity index (χ1v) is 9.81. The molecule has 0 saturated heterocycles. The number of hydrogen-bond donors (Lipinski definition) is 0. The Labute approximate surface area is 128 Å². The van der Waals surface area contributed by atoms with Gasteiger partial charge in [0, 0.05) is 6.04 Å². The van der Waals surface area contributed by atoms with Crippen LogP contribution in [0.2, 0.25) is 0 Å². The fourth-order valence-corrected chi connectivity index (χ4v) is 7.35. The summed E-state index contributed by atoms with van der Waals surface area (Å²) in [5.74, 6) is 0. The van der Waals surface area contributed by atoms with Crippen molar-refractivity contribution < 1.29 is 0 Å². The summed E-state index contributed by atoms with van der Waals surface area (Å²) in [5, 5.41) is 2.79. The number of benzene rings is 2. The van der Waals surface area contributed by atoms with Gasteiger partial charge in [0.05, 0.1) is 0 Å². The van der Waals surface area contributed by atoms with E-state index in [4.69, 9.17) is 11.8 Å². The molecule has 106 valence electrons. The van der Waals surface area contributed by atoms with E-state index in [9.17, 15) is 0 Å². The van der Waals surface area contributed by atoms with Crippen LogP contribution in [0.4, 0.5) is 0 Å². The number of hydrogen-bond acceptors (Lipinski definition) is 1. The van der Waals surface area contributed by atoms with Crippen LogP contribution < -0.4 is 10.6 Å². The van der Waals surface area contributed by atoms with Crippen LogP contribution in [0.25, 0.3) is 0 Å². The quantitative estimate of drug-likeness (QED) is 0.734. The van der Waals surface area contributed by atoms with Crippen LogP contribution in [-0.4, -0.2) is 5.16 Å². The van der Waals surface area contributed by atoms with Gasteiger partial charge < -0.3 is 0 Å². The summed E-state index contributed by atoms with van der Waals surface area (Å²) in [6.07, 6.45) is 0. The van der Waals surface area contributed by atoms with Crippen LogP contribution in [0.5, 0.6) is 0 Å². The molecule has 0 radical (unpaired) electrons. The van der Waals surface area contributed by atoms with Gasteiger partial charge in [-0.15, -0.1) is 0 Å². The van der Waals surface area contributed by atoms with Crippen molar-refractivity contribution in [2.24, 2.45) is 0 Å². The average molecular weight is 302 g/mol. The van der Waals surface area contributed by atoms with Crippen molar-refractivity contribution in [2.75, 3.05) is 0 Å². The fraction of sp³-hybridized carbons (Fsp3) is 0.333. The second-order valence-electron chi connectivity index (χ2n) is 6.35. The molecule has 0 bridgehead atoms. The minimum atomic E-state index is -1.85. The molecule has 0 atom stereocenters. The van der Waals surface area contributed by atoms with Crippen molar-refractivity contribution in [3.63, 3.8) is 0 Å². The topological polar surface area (TPSA) is 0 Å². The monoisotopic (exact) mass is 302 g/mol. The molecule has 0 N–H and O–H groups in total. The van der Waals surface area contributed by atoms with E-state index >= 15 is 0 Å². The van der Waals surface area contributed by atoms with E-state index in [0.29, 0.717) is 0 Å². The van der Waals surface area contributed by atoms with Gasteiger partial charge in [-0.1, -0.05) is 81.1 Å². The van der Waals surface area contributed by atoms with Crippen molar-refractivity contribution >= 4 is 28.5 Å². The molecule has 20 heavy (non-hydrogen) atoms. The van der Waals surface area contributed by atoms with Crippen LogP contribution in [0.15, 0.2) is 48.5 Å². The molecule has 2 aromatic carbocycles. The molecule has 2 rings (SSSR count). The van der Waals surface area contributed by atoms with E-state index in [-0.39, 0.29) is 5.16 Å². The molecule has 0 saturated carbocycles. The van der Waals surface area contributed by atoms with Crippen LogP contribution in [0.1, 0.15) is 31.9 Å². The molecule has 2 heteroatoms. The summed E-state index contributed by atoms with van der Waals surface area (Å²) in [7, 11) is 0. The molecule has 0 heterocycles. The smallest absolute Gasteiger partial charge is 0.0161 e. The highest BCUT2D eigenvalue weighted by molar-refractivity contribution is 8.22. The highest BCUT2D eigenvalue weighted by Gasteiger charge is 2.36. The third kappa shape index (κ3) is 2.50. The first-order valence-electron chi connectivity index (χ1n) is 7.01. The standard InChI is InChI=1S/C18H23PS/c1-14-10-6-8-12-16(14)19(20,18(3,4)5)17-13-9-7-11-15(17)2/h6-13H,1-5H3. The lowest BCUT2D eigenvalue weighted by Crippen LogP contribution is -2.32. The van der Waals surface area contributed by atoms with Gasteiger partial charge in [-0.05, 0) is 40.7 Å². The van der Waals surface area contributed by atoms with Gasteiger partial charge in [-0.2, -0.15) is 0 Å². The van der Waals surface area contributed by atoms with E-state index < -0.39 is 6.04 Å². The van der Waals surface area contributed by atoms with E-state index in [2.05, 4.69) is 83.1 Å². The fourth-order valence-electron chi connectivity index (χ4n) is 2.69. The zero-order chi connectivity index (χ0) is 15.0. The van der Waals surface area contributed by atoms with Crippen molar-refractivity contribution in [2.45, 2.75) is 39.8 Å². The zero-order valence-electron chi connectivity index (χ0n) is 13.0. The molecule has 2 aromatic rings. The Hall–Kier alpha value is -0.910. The van der Waals surface area contributed by atoms with Gasteiger partial charge >= 0.3 is 0 Å². The third-order valence-corrected chi connectivity index (χ3v) is 10.9. The minimum absolute atomic E-state index is 0.0700. The summed E-state index contributed by atoms with van der Waals surface area (Å²) in [6.45, 7) is 11.2. The lowest BCUT2D eigenvalue weighted by Gasteiger charge is -2.38. The molecule has 0 nitrogen and oxygen atoms in total. The van der Waals surface area contributed by atoms with Crippen molar-refractivity contribution in [1.82, 2.24) is 0 Å². The van der Waals surface area contributed by atoms with Crippen molar-refractivity contribution in [3.8, 4) is 0 Å². The van der Waals surface area contributed by atoms with Crippen LogP contribution in [-0.2, 0) is 11.8 Å². The first-order chi connectivity index (χ1) is 9.28. The van der Waals surface area contributed by atoms with E-state index in [1.165, 1.54) is 21.7 Å². The average Bonchev–Trinajstić information content (AvgIpc) is 2.37. The lowest BCUT2D eigenvalue weighted by molar-refractivity contribution is 0.791. The third-order valence-electron chi connectivity index (χ3n) is 3.85. The molecular weight excluding hydrogens is 279 g/mol. The number of rotatable bonds is 2. The Kier molecular flexibility index (Phi) is 4.23. The molecule has 0 spiro atoms. The number of aryl methyl sites for hydroxylation is 2. The van der Waals surface area contributed by atoms with Gasteiger partial charge in [0.2, 0.25) is 0 Å². The normalized spacial score (nSPS) is 12.4. The minimum Gasteiger partial charge on any atom is -0.0870 e. The molecule has 0 aliphatic heterocycles. The molecule has 0 fully saturated rings. The molecule has 0 aliphatic rings. The van der Waals surface area contributed by atoms with Gasteiger partial charge in [-0.25, -0.2) is 0 Å². The Bertz CT molecular complexity index is 616. The highest BCUT2D eigenvalue weighted by atomic mass is 32.4. The zero-order valence-corrected chi connectivity index (χ0v) is 14.7. The summed E-state index contributed by atoms with van der Waals surface area (Å²) in [4.78, 5) is 0. The predicted octanol–water partition coefficient (Wildman–Crippen LogP) is 4.53. The van der Waals surface area contributed by atoms with E-state index in [1.54, 1.807) is 0 Å². The van der Waals surface area contributed by atoms with Crippen LogP contribution in [0, 0.1) is 13.8 Å². The molecule has 0 amide bonds. The maximum absolute atomic E-state index is 6.36. The van der Waals surface area contributed by atoms with Crippen LogP contribution in [0.3, 0.4) is 0 Å². The maximum Gasteiger partial charge on any atom is 0.0161 e. The molecule has 0 aliphatic carbocycles. The van der Waals surface area contributed by atoms with Crippen molar-refractivity contribution in [3.05, 3.63) is 59.7 Å². The van der Waals surface area contributed by atoms with Crippen LogP contribution >= 0.6 is 6.04 Å². The molecule has 0 aromatic heterocycles. The van der Waals surface area contributed by atoms with Gasteiger partial charge in [0.15, 0.2) is 0 Å². The largest absolute Gasteiger partial charge is 0.0870 e. The molecular formula is C18H23PS. The Balaban J connectivity index is 2.82. The van der Waals surface area contributed by atoms with Gasteiger partial charge in [0.25, 0.3) is 0 Å². The maximum atomic E-state index is 6.36. The second kappa shape index (κ2) is 5.47. The van der Waals surface area contributed by atoms with E-state index in [0.717, 1.165) is 0 Å². The second-order valence-corrected chi connectivity index (χ2v) is 11.5. The molecule has 0 unspecified atom stereocenters.